The Kier molecular flexibility index (Phi) is 4.21. The first-order valence-corrected chi connectivity index (χ1v) is 7.16. The first-order chi connectivity index (χ1) is 9.44. The van der Waals surface area contributed by atoms with E-state index in [1.807, 2.05) is 4.90 Å². The highest BCUT2D eigenvalue weighted by Gasteiger charge is 2.28. The quantitative estimate of drug-likeness (QED) is 0.845. The van der Waals surface area contributed by atoms with Crippen molar-refractivity contribution in [3.05, 3.63) is 23.8 Å². The van der Waals surface area contributed by atoms with Crippen molar-refractivity contribution in [3.8, 4) is 5.75 Å². The number of nitrogens with zero attached hydrogens (tertiary/aromatic N) is 1. The number of rotatable bonds is 2. The number of hydrogen-bond donors (Lipinski definition) is 1. The minimum atomic E-state index is -0.0161. The van der Waals surface area contributed by atoms with Crippen LogP contribution in [-0.2, 0) is 0 Å². The van der Waals surface area contributed by atoms with Gasteiger partial charge in [0.25, 0.3) is 5.91 Å². The van der Waals surface area contributed by atoms with E-state index in [0.29, 0.717) is 22.4 Å². The van der Waals surface area contributed by atoms with Crippen molar-refractivity contribution >= 4 is 11.6 Å². The topological polar surface area (TPSA) is 55.6 Å². The van der Waals surface area contributed by atoms with Crippen molar-refractivity contribution < 1.29 is 9.53 Å². The third kappa shape index (κ3) is 3.06. The molecule has 0 aromatic heterocycles. The highest BCUT2D eigenvalue weighted by atomic mass is 16.5. The molecule has 1 aromatic rings. The van der Waals surface area contributed by atoms with E-state index in [-0.39, 0.29) is 5.91 Å². The van der Waals surface area contributed by atoms with Crippen LogP contribution in [0.5, 0.6) is 5.75 Å². The summed E-state index contributed by atoms with van der Waals surface area (Å²) in [6.45, 7) is 6.10. The molecule has 1 amide bonds. The summed E-state index contributed by atoms with van der Waals surface area (Å²) in [6, 6.07) is 5.33. The van der Waals surface area contributed by atoms with Crippen molar-refractivity contribution in [1.82, 2.24) is 4.90 Å². The van der Waals surface area contributed by atoms with Crippen LogP contribution in [0.25, 0.3) is 0 Å². The summed E-state index contributed by atoms with van der Waals surface area (Å²) >= 11 is 0. The molecule has 2 N–H and O–H groups in total. The van der Waals surface area contributed by atoms with Crippen LogP contribution in [0.4, 0.5) is 5.69 Å². The fourth-order valence-corrected chi connectivity index (χ4v) is 2.73. The molecular weight excluding hydrogens is 252 g/mol. The van der Waals surface area contributed by atoms with Crippen molar-refractivity contribution in [2.24, 2.45) is 5.41 Å². The minimum Gasteiger partial charge on any atom is -0.496 e. The van der Waals surface area contributed by atoms with E-state index in [0.717, 1.165) is 32.4 Å². The highest BCUT2D eigenvalue weighted by Crippen LogP contribution is 2.32. The van der Waals surface area contributed by atoms with Gasteiger partial charge in [-0.3, -0.25) is 4.79 Å². The average molecular weight is 276 g/mol. The van der Waals surface area contributed by atoms with E-state index in [2.05, 4.69) is 13.8 Å². The summed E-state index contributed by atoms with van der Waals surface area (Å²) in [5, 5.41) is 0. The fourth-order valence-electron chi connectivity index (χ4n) is 2.73. The van der Waals surface area contributed by atoms with Gasteiger partial charge in [-0.2, -0.15) is 0 Å². The Morgan fingerprint density at radius 3 is 2.75 bits per heavy atom. The molecule has 0 atom stereocenters. The maximum atomic E-state index is 12.7. The Morgan fingerprint density at radius 1 is 1.30 bits per heavy atom. The summed E-state index contributed by atoms with van der Waals surface area (Å²) in [6.07, 6.45) is 3.21. The molecule has 4 heteroatoms. The summed E-state index contributed by atoms with van der Waals surface area (Å²) in [5.41, 5.74) is 7.26. The van der Waals surface area contributed by atoms with Crippen LogP contribution in [0.2, 0.25) is 0 Å². The Bertz CT molecular complexity index is 497. The van der Waals surface area contributed by atoms with Gasteiger partial charge in [-0.15, -0.1) is 0 Å². The lowest BCUT2D eigenvalue weighted by Crippen LogP contribution is -2.33. The van der Waals surface area contributed by atoms with Crippen LogP contribution in [0, 0.1) is 5.41 Å². The second-order valence-corrected chi connectivity index (χ2v) is 6.23. The monoisotopic (exact) mass is 276 g/mol. The molecule has 1 saturated heterocycles. The van der Waals surface area contributed by atoms with Crippen molar-refractivity contribution in [2.45, 2.75) is 33.1 Å². The molecule has 0 bridgehead atoms. The van der Waals surface area contributed by atoms with Crippen molar-refractivity contribution in [2.75, 3.05) is 25.9 Å². The van der Waals surface area contributed by atoms with Crippen LogP contribution in [0.15, 0.2) is 18.2 Å². The molecule has 1 aliphatic rings. The second kappa shape index (κ2) is 5.73. The van der Waals surface area contributed by atoms with Gasteiger partial charge in [0.15, 0.2) is 0 Å². The number of hydrogen-bond acceptors (Lipinski definition) is 3. The number of nitrogen functional groups attached to an aromatic ring is 1. The van der Waals surface area contributed by atoms with Gasteiger partial charge in [0.05, 0.1) is 7.11 Å². The zero-order chi connectivity index (χ0) is 14.8. The van der Waals surface area contributed by atoms with Gasteiger partial charge >= 0.3 is 0 Å². The Morgan fingerprint density at radius 2 is 2.05 bits per heavy atom. The van der Waals surface area contributed by atoms with Crippen LogP contribution >= 0.6 is 0 Å². The molecule has 20 heavy (non-hydrogen) atoms. The molecule has 110 valence electrons. The molecule has 0 saturated carbocycles. The molecule has 0 unspecified atom stereocenters. The zero-order valence-electron chi connectivity index (χ0n) is 12.6. The molecule has 0 aliphatic carbocycles. The van der Waals surface area contributed by atoms with Crippen LogP contribution in [0.3, 0.4) is 0 Å². The summed E-state index contributed by atoms with van der Waals surface area (Å²) in [7, 11) is 1.57. The SMILES string of the molecule is COc1cccc(N)c1C(=O)N1CCCC(C)(C)CC1. The number of carbonyl (C=O) groups is 1. The van der Waals surface area contributed by atoms with E-state index >= 15 is 0 Å². The maximum Gasteiger partial charge on any atom is 0.259 e. The van der Waals surface area contributed by atoms with Crippen molar-refractivity contribution in [1.29, 1.82) is 0 Å². The molecule has 2 rings (SSSR count). The average Bonchev–Trinajstić information content (AvgIpc) is 2.58. The number of likely N-dealkylation sites (tertiary alicyclic amines) is 1. The predicted octanol–water partition coefficient (Wildman–Crippen LogP) is 2.93. The highest BCUT2D eigenvalue weighted by molar-refractivity contribution is 6.01. The molecule has 0 spiro atoms. The number of benzene rings is 1. The fraction of sp³-hybridized carbons (Fsp3) is 0.562. The predicted molar refractivity (Wildman–Crippen MR) is 80.9 cm³/mol. The number of nitrogens with two attached hydrogens (primary N) is 1. The Hall–Kier alpha value is -1.71. The van der Waals surface area contributed by atoms with Gasteiger partial charge in [-0.1, -0.05) is 19.9 Å². The lowest BCUT2D eigenvalue weighted by atomic mass is 9.85. The number of anilines is 1. The van der Waals surface area contributed by atoms with Gasteiger partial charge in [0.1, 0.15) is 11.3 Å². The smallest absolute Gasteiger partial charge is 0.259 e. The number of ether oxygens (including phenoxy) is 1. The van der Waals surface area contributed by atoms with Gasteiger partial charge in [0, 0.05) is 18.8 Å². The van der Waals surface area contributed by atoms with Gasteiger partial charge in [-0.05, 0) is 36.8 Å². The minimum absolute atomic E-state index is 0.0161. The lowest BCUT2D eigenvalue weighted by molar-refractivity contribution is 0.0755. The molecular formula is C16H24N2O2. The van der Waals surface area contributed by atoms with Gasteiger partial charge in [0.2, 0.25) is 0 Å². The summed E-state index contributed by atoms with van der Waals surface area (Å²) in [5.74, 6) is 0.538. The first-order valence-electron chi connectivity index (χ1n) is 7.16. The van der Waals surface area contributed by atoms with Crippen LogP contribution in [-0.4, -0.2) is 31.0 Å². The van der Waals surface area contributed by atoms with E-state index < -0.39 is 0 Å². The molecule has 4 nitrogen and oxygen atoms in total. The Labute approximate surface area is 120 Å². The van der Waals surface area contributed by atoms with Gasteiger partial charge < -0.3 is 15.4 Å². The largest absolute Gasteiger partial charge is 0.496 e. The first kappa shape index (κ1) is 14.7. The molecule has 1 aliphatic heterocycles. The molecule has 1 aromatic carbocycles. The summed E-state index contributed by atoms with van der Waals surface area (Å²) < 4.78 is 5.28. The number of amides is 1. The molecule has 0 radical (unpaired) electrons. The van der Waals surface area contributed by atoms with Gasteiger partial charge in [-0.25, -0.2) is 0 Å². The van der Waals surface area contributed by atoms with E-state index in [1.165, 1.54) is 0 Å². The zero-order valence-corrected chi connectivity index (χ0v) is 12.6. The normalized spacial score (nSPS) is 18.4. The van der Waals surface area contributed by atoms with E-state index in [1.54, 1.807) is 25.3 Å². The standard InChI is InChI=1S/C16H24N2O2/c1-16(2)8-5-10-18(11-9-16)15(19)14-12(17)6-4-7-13(14)20-3/h4,6-7H,5,8-11,17H2,1-3H3. The lowest BCUT2D eigenvalue weighted by Gasteiger charge is -2.24. The van der Waals surface area contributed by atoms with Crippen LogP contribution in [0.1, 0.15) is 43.5 Å². The molecule has 1 fully saturated rings. The van der Waals surface area contributed by atoms with Crippen molar-refractivity contribution in [3.63, 3.8) is 0 Å². The number of carbonyl (C=O) groups excluding carboxylic acids is 1. The number of methoxy groups -OCH3 is 1. The van der Waals surface area contributed by atoms with E-state index in [9.17, 15) is 4.79 Å². The Balaban J connectivity index is 2.23. The third-order valence-electron chi connectivity index (χ3n) is 4.12. The third-order valence-corrected chi connectivity index (χ3v) is 4.12. The summed E-state index contributed by atoms with van der Waals surface area (Å²) in [4.78, 5) is 14.6. The second-order valence-electron chi connectivity index (χ2n) is 6.23. The maximum absolute atomic E-state index is 12.7. The van der Waals surface area contributed by atoms with E-state index in [4.69, 9.17) is 10.5 Å². The molecule has 1 heterocycles. The van der Waals surface area contributed by atoms with Crippen LogP contribution < -0.4 is 10.5 Å².